The summed E-state index contributed by atoms with van der Waals surface area (Å²) in [6, 6.07) is 4.42. The van der Waals surface area contributed by atoms with Crippen molar-refractivity contribution in [1.82, 2.24) is 4.90 Å². The van der Waals surface area contributed by atoms with Crippen molar-refractivity contribution in [3.63, 3.8) is 0 Å². The first-order valence-electron chi connectivity index (χ1n) is 5.06. The lowest BCUT2D eigenvalue weighted by Gasteiger charge is -2.19. The van der Waals surface area contributed by atoms with Gasteiger partial charge in [0.25, 0.3) is 0 Å². The summed E-state index contributed by atoms with van der Waals surface area (Å²) in [5.74, 6) is 0. The number of rotatable bonds is 6. The van der Waals surface area contributed by atoms with Crippen LogP contribution in [0.25, 0.3) is 0 Å². The molecule has 0 fully saturated rings. The van der Waals surface area contributed by atoms with Crippen LogP contribution in [0, 0.1) is 28.1 Å². The minimum absolute atomic E-state index is 0.230. The van der Waals surface area contributed by atoms with Crippen molar-refractivity contribution in [2.75, 3.05) is 19.6 Å². The van der Waals surface area contributed by atoms with Gasteiger partial charge in [-0.3, -0.25) is 4.90 Å². The van der Waals surface area contributed by atoms with Gasteiger partial charge < -0.3 is 0 Å². The van der Waals surface area contributed by atoms with Gasteiger partial charge >= 0.3 is 0 Å². The smallest absolute Gasteiger partial charge is 0.0865 e. The van der Waals surface area contributed by atoms with E-state index in [0.29, 0.717) is 6.54 Å². The third kappa shape index (κ3) is 5.56. The van der Waals surface area contributed by atoms with E-state index in [-0.39, 0.29) is 5.41 Å². The zero-order valence-electron chi connectivity index (χ0n) is 9.38. The molecule has 0 aromatic heterocycles. The number of nitriles is 2. The van der Waals surface area contributed by atoms with Crippen molar-refractivity contribution in [2.45, 2.75) is 33.6 Å². The summed E-state index contributed by atoms with van der Waals surface area (Å²) in [5, 5.41) is 17.3. The highest BCUT2D eigenvalue weighted by Gasteiger charge is 2.16. The second kappa shape index (κ2) is 6.40. The normalized spacial score (nSPS) is 11.0. The quantitative estimate of drug-likeness (QED) is 0.607. The average Bonchev–Trinajstić information content (AvgIpc) is 2.16. The fraction of sp³-hybridized carbons (Fsp3) is 0.818. The summed E-state index contributed by atoms with van der Waals surface area (Å²) in [7, 11) is 0. The minimum atomic E-state index is -0.230. The minimum Gasteiger partial charge on any atom is -0.291 e. The molecule has 0 aromatic rings. The number of hydrogen-bond acceptors (Lipinski definition) is 3. The molecule has 0 aliphatic heterocycles. The second-order valence-electron chi connectivity index (χ2n) is 4.13. The van der Waals surface area contributed by atoms with Crippen LogP contribution in [0.15, 0.2) is 0 Å². The van der Waals surface area contributed by atoms with E-state index in [4.69, 9.17) is 10.5 Å². The highest BCUT2D eigenvalue weighted by molar-refractivity contribution is 4.91. The fourth-order valence-corrected chi connectivity index (χ4v) is 1.25. The standard InChI is InChI=1S/C11H19N3/c1-4-14(9-7-12)8-5-6-11(2,3)10-13/h4-6,8-9H2,1-3H3. The van der Waals surface area contributed by atoms with Crippen LogP contribution in [0.2, 0.25) is 0 Å². The summed E-state index contributed by atoms with van der Waals surface area (Å²) in [6.45, 7) is 8.26. The Balaban J connectivity index is 3.74. The van der Waals surface area contributed by atoms with E-state index in [2.05, 4.69) is 17.0 Å². The maximum absolute atomic E-state index is 8.80. The first-order valence-corrected chi connectivity index (χ1v) is 5.06. The van der Waals surface area contributed by atoms with Crippen LogP contribution in [0.4, 0.5) is 0 Å². The highest BCUT2D eigenvalue weighted by atomic mass is 15.1. The van der Waals surface area contributed by atoms with E-state index >= 15 is 0 Å². The molecule has 78 valence electrons. The number of nitrogens with zero attached hydrogens (tertiary/aromatic N) is 3. The topological polar surface area (TPSA) is 50.8 Å². The highest BCUT2D eigenvalue weighted by Crippen LogP contribution is 2.20. The van der Waals surface area contributed by atoms with E-state index < -0.39 is 0 Å². The molecule has 0 spiro atoms. The van der Waals surface area contributed by atoms with Crippen LogP contribution in [0.1, 0.15) is 33.6 Å². The molecule has 0 saturated heterocycles. The van der Waals surface area contributed by atoms with Gasteiger partial charge in [0, 0.05) is 0 Å². The van der Waals surface area contributed by atoms with Crippen molar-refractivity contribution in [3.05, 3.63) is 0 Å². The Hall–Kier alpha value is -1.06. The molecule has 0 aliphatic carbocycles. The molecule has 0 heterocycles. The molecule has 0 rings (SSSR count). The Morgan fingerprint density at radius 3 is 2.36 bits per heavy atom. The summed E-state index contributed by atoms with van der Waals surface area (Å²) >= 11 is 0. The molecule has 0 atom stereocenters. The molecule has 3 nitrogen and oxygen atoms in total. The maximum Gasteiger partial charge on any atom is 0.0865 e. The molecule has 0 saturated carbocycles. The van der Waals surface area contributed by atoms with Gasteiger partial charge in [-0.25, -0.2) is 0 Å². The average molecular weight is 193 g/mol. The first-order chi connectivity index (χ1) is 6.55. The predicted octanol–water partition coefficient (Wildman–Crippen LogP) is 2.16. The Labute approximate surface area is 86.9 Å². The summed E-state index contributed by atoms with van der Waals surface area (Å²) in [6.07, 6.45) is 1.88. The number of hydrogen-bond donors (Lipinski definition) is 0. The molecule has 0 unspecified atom stereocenters. The Kier molecular flexibility index (Phi) is 5.92. The Morgan fingerprint density at radius 1 is 1.29 bits per heavy atom. The van der Waals surface area contributed by atoms with Gasteiger partial charge in [-0.2, -0.15) is 10.5 Å². The molecule has 14 heavy (non-hydrogen) atoms. The van der Waals surface area contributed by atoms with E-state index in [1.165, 1.54) is 0 Å². The summed E-state index contributed by atoms with van der Waals surface area (Å²) in [5.41, 5.74) is -0.230. The van der Waals surface area contributed by atoms with Crippen LogP contribution in [0.5, 0.6) is 0 Å². The van der Waals surface area contributed by atoms with E-state index in [1.54, 1.807) is 0 Å². The van der Waals surface area contributed by atoms with Crippen LogP contribution >= 0.6 is 0 Å². The molecule has 0 aromatic carbocycles. The Morgan fingerprint density at radius 2 is 1.93 bits per heavy atom. The molecule has 3 heteroatoms. The zero-order chi connectivity index (χ0) is 11.0. The van der Waals surface area contributed by atoms with Crippen LogP contribution in [0.3, 0.4) is 0 Å². The molecule has 0 amide bonds. The molecule has 0 radical (unpaired) electrons. The van der Waals surface area contributed by atoms with E-state index in [1.807, 2.05) is 20.8 Å². The molecular weight excluding hydrogens is 174 g/mol. The van der Waals surface area contributed by atoms with Crippen LogP contribution in [-0.4, -0.2) is 24.5 Å². The van der Waals surface area contributed by atoms with E-state index in [0.717, 1.165) is 25.9 Å². The summed E-state index contributed by atoms with van der Waals surface area (Å²) < 4.78 is 0. The fourth-order valence-electron chi connectivity index (χ4n) is 1.25. The van der Waals surface area contributed by atoms with Crippen molar-refractivity contribution < 1.29 is 0 Å². The third-order valence-corrected chi connectivity index (χ3v) is 2.32. The first kappa shape index (κ1) is 12.9. The van der Waals surface area contributed by atoms with Gasteiger partial charge in [-0.05, 0) is 39.8 Å². The van der Waals surface area contributed by atoms with Crippen molar-refractivity contribution >= 4 is 0 Å². The third-order valence-electron chi connectivity index (χ3n) is 2.32. The maximum atomic E-state index is 8.80. The molecule has 0 bridgehead atoms. The lowest BCUT2D eigenvalue weighted by molar-refractivity contribution is 0.294. The largest absolute Gasteiger partial charge is 0.291 e. The SMILES string of the molecule is CCN(CC#N)CCCC(C)(C)C#N. The van der Waals surface area contributed by atoms with Crippen molar-refractivity contribution in [2.24, 2.45) is 5.41 Å². The van der Waals surface area contributed by atoms with Gasteiger partial charge in [0.05, 0.1) is 24.1 Å². The van der Waals surface area contributed by atoms with E-state index in [9.17, 15) is 0 Å². The van der Waals surface area contributed by atoms with Gasteiger partial charge in [0.2, 0.25) is 0 Å². The summed E-state index contributed by atoms with van der Waals surface area (Å²) in [4.78, 5) is 2.09. The lowest BCUT2D eigenvalue weighted by atomic mass is 9.90. The van der Waals surface area contributed by atoms with Crippen molar-refractivity contribution in [3.8, 4) is 12.1 Å². The second-order valence-corrected chi connectivity index (χ2v) is 4.13. The van der Waals surface area contributed by atoms with Gasteiger partial charge in [0.1, 0.15) is 0 Å². The van der Waals surface area contributed by atoms with Gasteiger partial charge in [-0.15, -0.1) is 0 Å². The lowest BCUT2D eigenvalue weighted by Crippen LogP contribution is -2.25. The van der Waals surface area contributed by atoms with Gasteiger partial charge in [0.15, 0.2) is 0 Å². The van der Waals surface area contributed by atoms with Crippen molar-refractivity contribution in [1.29, 1.82) is 10.5 Å². The predicted molar refractivity (Wildman–Crippen MR) is 56.4 cm³/mol. The van der Waals surface area contributed by atoms with Gasteiger partial charge in [-0.1, -0.05) is 6.92 Å². The molecule has 0 aliphatic rings. The monoisotopic (exact) mass is 193 g/mol. The Bertz CT molecular complexity index is 232. The molecular formula is C11H19N3. The van der Waals surface area contributed by atoms with Crippen LogP contribution in [-0.2, 0) is 0 Å². The van der Waals surface area contributed by atoms with Crippen LogP contribution < -0.4 is 0 Å². The molecule has 0 N–H and O–H groups in total. The zero-order valence-corrected chi connectivity index (χ0v) is 9.38.